The van der Waals surface area contributed by atoms with E-state index in [9.17, 15) is 40.2 Å². The molecular weight excluding hydrogens is 580 g/mol. The third-order valence-corrected chi connectivity index (χ3v) is 7.96. The van der Waals surface area contributed by atoms with Crippen molar-refractivity contribution in [2.75, 3.05) is 0 Å². The van der Waals surface area contributed by atoms with Gasteiger partial charge in [0.15, 0.2) is 34.5 Å². The van der Waals surface area contributed by atoms with Crippen LogP contribution in [0.1, 0.15) is 90.6 Å². The lowest BCUT2D eigenvalue weighted by Gasteiger charge is -2.32. The normalized spacial score (nSPS) is 16.1. The highest BCUT2D eigenvalue weighted by molar-refractivity contribution is 5.94. The Labute approximate surface area is 261 Å². The van der Waals surface area contributed by atoms with Crippen LogP contribution in [0.5, 0.6) is 46.0 Å². The number of carbonyl (C=O) groups excluding carboxylic acids is 2. The van der Waals surface area contributed by atoms with Gasteiger partial charge in [0.05, 0.1) is 11.1 Å². The molecule has 1 aliphatic rings. The van der Waals surface area contributed by atoms with Gasteiger partial charge in [-0.15, -0.1) is 0 Å². The van der Waals surface area contributed by atoms with E-state index in [4.69, 9.17) is 9.47 Å². The molecule has 4 rings (SSSR count). The lowest BCUT2D eigenvalue weighted by atomic mass is 9.73. The zero-order valence-corrected chi connectivity index (χ0v) is 25.5. The third kappa shape index (κ3) is 7.34. The van der Waals surface area contributed by atoms with Crippen LogP contribution < -0.4 is 9.47 Å². The molecule has 45 heavy (non-hydrogen) atoms. The van der Waals surface area contributed by atoms with Crippen LogP contribution in [0.4, 0.5) is 0 Å². The minimum absolute atomic E-state index is 0.0856. The Bertz CT molecular complexity index is 1530. The second kappa shape index (κ2) is 13.7. The van der Waals surface area contributed by atoms with Crippen molar-refractivity contribution in [1.29, 1.82) is 0 Å². The number of ether oxygens (including phenoxy) is 2. The molecule has 0 fully saturated rings. The first-order chi connectivity index (χ1) is 21.3. The number of carbonyl (C=O) groups is 2. The van der Waals surface area contributed by atoms with Crippen molar-refractivity contribution in [3.05, 3.63) is 82.5 Å². The zero-order valence-electron chi connectivity index (χ0n) is 25.5. The molecule has 238 valence electrons. The minimum atomic E-state index is -0.943. The Hall–Kier alpha value is -5.12. The zero-order chi connectivity index (χ0) is 33.0. The molecule has 1 aliphatic carbocycles. The summed E-state index contributed by atoms with van der Waals surface area (Å²) in [5.41, 5.74) is 2.56. The van der Waals surface area contributed by atoms with Gasteiger partial charge in [-0.05, 0) is 87.4 Å². The molecular formula is C35H38O10. The van der Waals surface area contributed by atoms with Gasteiger partial charge in [-0.25, -0.2) is 9.59 Å². The van der Waals surface area contributed by atoms with Gasteiger partial charge in [0, 0.05) is 11.5 Å². The monoisotopic (exact) mass is 618 g/mol. The van der Waals surface area contributed by atoms with E-state index in [1.807, 2.05) is 19.9 Å². The molecule has 0 aromatic heterocycles. The number of phenols is 6. The Morgan fingerprint density at radius 2 is 1.27 bits per heavy atom. The lowest BCUT2D eigenvalue weighted by Crippen LogP contribution is -2.21. The fraction of sp³-hybridized carbons (Fsp3) is 0.314. The summed E-state index contributed by atoms with van der Waals surface area (Å²) in [6, 6.07) is 7.27. The number of esters is 2. The van der Waals surface area contributed by atoms with Crippen LogP contribution in [0.3, 0.4) is 0 Å². The van der Waals surface area contributed by atoms with Crippen molar-refractivity contribution in [1.82, 2.24) is 0 Å². The van der Waals surface area contributed by atoms with E-state index in [1.165, 1.54) is 0 Å². The number of allylic oxidation sites excluding steroid dienone is 3. The fourth-order valence-electron chi connectivity index (χ4n) is 5.54. The van der Waals surface area contributed by atoms with Gasteiger partial charge in [0.2, 0.25) is 0 Å². The van der Waals surface area contributed by atoms with Crippen LogP contribution in [0, 0.1) is 5.92 Å². The molecule has 0 radical (unpaired) electrons. The first-order valence-corrected chi connectivity index (χ1v) is 14.7. The standard InChI is InChI=1S/C35H38O10/c1-5-6-7-8-20-12-29(44-34(42)21-14-25(36)32(40)26(37)15-21)31(24-11-19(4)9-10-23(24)18(2)3)30(13-20)45-35(43)22-16-27(38)33(41)28(39)17-22/h11-17,23-24,36-41H,2,5-10H2,1,3-4H3/t23-,24+/m0/s1. The first kappa shape index (κ1) is 32.8. The topological polar surface area (TPSA) is 174 Å². The number of unbranched alkanes of at least 4 members (excludes halogenated alkanes) is 2. The molecule has 10 nitrogen and oxygen atoms in total. The average molecular weight is 619 g/mol. The van der Waals surface area contributed by atoms with Gasteiger partial charge in [-0.3, -0.25) is 0 Å². The van der Waals surface area contributed by atoms with Gasteiger partial charge in [0.1, 0.15) is 11.5 Å². The highest BCUT2D eigenvalue weighted by Crippen LogP contribution is 2.48. The van der Waals surface area contributed by atoms with Gasteiger partial charge >= 0.3 is 11.9 Å². The van der Waals surface area contributed by atoms with Crippen LogP contribution in [0.2, 0.25) is 0 Å². The molecule has 0 saturated carbocycles. The molecule has 3 aromatic rings. The summed E-state index contributed by atoms with van der Waals surface area (Å²) in [5, 5.41) is 59.6. The summed E-state index contributed by atoms with van der Waals surface area (Å²) in [4.78, 5) is 26.9. The van der Waals surface area contributed by atoms with Gasteiger partial charge in [-0.1, -0.05) is 43.6 Å². The molecule has 3 aromatic carbocycles. The SMILES string of the molecule is C=C(C)[C@@H]1CCC(C)=C[C@H]1c1c(OC(=O)c2cc(O)c(O)c(O)c2)cc(CCCCC)cc1OC(=O)c1cc(O)c(O)c(O)c1. The summed E-state index contributed by atoms with van der Waals surface area (Å²) in [7, 11) is 0. The van der Waals surface area contributed by atoms with E-state index in [2.05, 4.69) is 13.5 Å². The van der Waals surface area contributed by atoms with Gasteiger partial charge in [-0.2, -0.15) is 0 Å². The maximum Gasteiger partial charge on any atom is 0.343 e. The van der Waals surface area contributed by atoms with Crippen LogP contribution >= 0.6 is 0 Å². The van der Waals surface area contributed by atoms with E-state index in [-0.39, 0.29) is 28.5 Å². The van der Waals surface area contributed by atoms with Crippen LogP contribution in [-0.4, -0.2) is 42.6 Å². The summed E-state index contributed by atoms with van der Waals surface area (Å²) in [6.07, 6.45) is 6.80. The molecule has 0 bridgehead atoms. The molecule has 0 amide bonds. The molecule has 0 spiro atoms. The fourth-order valence-corrected chi connectivity index (χ4v) is 5.54. The Balaban J connectivity index is 1.91. The average Bonchev–Trinajstić information content (AvgIpc) is 2.98. The number of aromatic hydroxyl groups is 6. The van der Waals surface area contributed by atoms with Crippen LogP contribution in [-0.2, 0) is 6.42 Å². The quantitative estimate of drug-likeness (QED) is 0.0452. The Morgan fingerprint density at radius 3 is 1.69 bits per heavy atom. The van der Waals surface area contributed by atoms with Gasteiger partial charge in [0.25, 0.3) is 0 Å². The van der Waals surface area contributed by atoms with Crippen molar-refractivity contribution >= 4 is 11.9 Å². The molecule has 0 saturated heterocycles. The molecule has 2 atom stereocenters. The van der Waals surface area contributed by atoms with E-state index < -0.39 is 52.4 Å². The number of aryl methyl sites for hydroxylation is 1. The summed E-state index contributed by atoms with van der Waals surface area (Å²) < 4.78 is 11.8. The Morgan fingerprint density at radius 1 is 0.800 bits per heavy atom. The molecule has 0 unspecified atom stereocenters. The Kier molecular flexibility index (Phi) is 9.96. The van der Waals surface area contributed by atoms with E-state index in [0.29, 0.717) is 17.5 Å². The number of benzene rings is 3. The number of hydrogen-bond acceptors (Lipinski definition) is 10. The molecule has 0 aliphatic heterocycles. The summed E-state index contributed by atoms with van der Waals surface area (Å²) in [5.74, 6) is -6.66. The smallest absolute Gasteiger partial charge is 0.343 e. The van der Waals surface area contributed by atoms with Crippen molar-refractivity contribution in [2.45, 2.75) is 65.2 Å². The maximum absolute atomic E-state index is 13.4. The van der Waals surface area contributed by atoms with E-state index >= 15 is 0 Å². The molecule has 0 heterocycles. The predicted molar refractivity (Wildman–Crippen MR) is 166 cm³/mol. The van der Waals surface area contributed by atoms with Crippen molar-refractivity contribution in [3.63, 3.8) is 0 Å². The van der Waals surface area contributed by atoms with Crippen molar-refractivity contribution in [3.8, 4) is 46.0 Å². The highest BCUT2D eigenvalue weighted by Gasteiger charge is 2.33. The highest BCUT2D eigenvalue weighted by atomic mass is 16.5. The molecule has 10 heteroatoms. The minimum Gasteiger partial charge on any atom is -0.504 e. The summed E-state index contributed by atoms with van der Waals surface area (Å²) in [6.45, 7) is 10.1. The number of hydrogen-bond donors (Lipinski definition) is 6. The van der Waals surface area contributed by atoms with Crippen LogP contribution in [0.25, 0.3) is 0 Å². The third-order valence-electron chi connectivity index (χ3n) is 7.96. The van der Waals surface area contributed by atoms with Crippen molar-refractivity contribution < 1.29 is 49.7 Å². The largest absolute Gasteiger partial charge is 0.504 e. The van der Waals surface area contributed by atoms with E-state index in [0.717, 1.165) is 67.5 Å². The number of rotatable bonds is 10. The van der Waals surface area contributed by atoms with Gasteiger partial charge < -0.3 is 40.1 Å². The van der Waals surface area contributed by atoms with Crippen molar-refractivity contribution in [2.24, 2.45) is 5.92 Å². The maximum atomic E-state index is 13.4. The summed E-state index contributed by atoms with van der Waals surface area (Å²) >= 11 is 0. The second-order valence-corrected chi connectivity index (χ2v) is 11.5. The number of phenolic OH excluding ortho intramolecular Hbond substituents is 6. The first-order valence-electron chi connectivity index (χ1n) is 14.7. The molecule has 6 N–H and O–H groups in total. The predicted octanol–water partition coefficient (Wildman–Crippen LogP) is 7.11. The van der Waals surface area contributed by atoms with Crippen LogP contribution in [0.15, 0.2) is 60.2 Å². The lowest BCUT2D eigenvalue weighted by molar-refractivity contribution is 0.0726. The second-order valence-electron chi connectivity index (χ2n) is 11.5. The van der Waals surface area contributed by atoms with E-state index in [1.54, 1.807) is 12.1 Å².